The molecule has 1 aliphatic rings. The van der Waals surface area contributed by atoms with Crippen LogP contribution in [0.3, 0.4) is 0 Å². The lowest BCUT2D eigenvalue weighted by molar-refractivity contribution is -0.109. The minimum atomic E-state index is -0.615. The SMILES string of the molecule is [B]c1cc(F)c(C2(C=O)CC2)c(NC)c1. The average Bonchev–Trinajstić information content (AvgIpc) is 2.97. The highest BCUT2D eigenvalue weighted by Gasteiger charge is 2.47. The minimum Gasteiger partial charge on any atom is -0.388 e. The molecular formula is C11H11BFNO. The molecule has 0 spiro atoms. The summed E-state index contributed by atoms with van der Waals surface area (Å²) in [4.78, 5) is 11.0. The van der Waals surface area contributed by atoms with E-state index in [1.54, 1.807) is 13.1 Å². The van der Waals surface area contributed by atoms with Crippen molar-refractivity contribution in [1.29, 1.82) is 0 Å². The Hall–Kier alpha value is -1.32. The van der Waals surface area contributed by atoms with Crippen molar-refractivity contribution < 1.29 is 9.18 Å². The quantitative estimate of drug-likeness (QED) is 0.583. The van der Waals surface area contributed by atoms with Gasteiger partial charge in [0.15, 0.2) is 0 Å². The van der Waals surface area contributed by atoms with Gasteiger partial charge in [-0.15, -0.1) is 0 Å². The molecule has 1 fully saturated rings. The lowest BCUT2D eigenvalue weighted by Crippen LogP contribution is -2.17. The maximum atomic E-state index is 13.7. The lowest BCUT2D eigenvalue weighted by Gasteiger charge is -2.16. The Balaban J connectivity index is 2.59. The van der Waals surface area contributed by atoms with E-state index in [9.17, 15) is 9.18 Å². The van der Waals surface area contributed by atoms with Gasteiger partial charge < -0.3 is 10.1 Å². The standard InChI is InChI=1S/C11H11BFNO/c1-14-9-5-7(12)4-8(13)10(9)11(6-15)2-3-11/h4-6,14H,2-3H2,1H3. The van der Waals surface area contributed by atoms with Gasteiger partial charge in [0.25, 0.3) is 0 Å². The number of hydrogen-bond acceptors (Lipinski definition) is 2. The second kappa shape index (κ2) is 3.37. The van der Waals surface area contributed by atoms with E-state index in [0.29, 0.717) is 29.6 Å². The van der Waals surface area contributed by atoms with Crippen molar-refractivity contribution in [3.8, 4) is 0 Å². The molecule has 0 atom stereocenters. The molecular weight excluding hydrogens is 192 g/mol. The molecule has 0 unspecified atom stereocenters. The van der Waals surface area contributed by atoms with E-state index in [2.05, 4.69) is 5.32 Å². The highest BCUT2D eigenvalue weighted by atomic mass is 19.1. The van der Waals surface area contributed by atoms with Crippen LogP contribution in [-0.4, -0.2) is 21.2 Å². The summed E-state index contributed by atoms with van der Waals surface area (Å²) in [6, 6.07) is 2.92. The van der Waals surface area contributed by atoms with Crippen LogP contribution in [0.2, 0.25) is 0 Å². The number of rotatable bonds is 3. The van der Waals surface area contributed by atoms with Crippen molar-refractivity contribution in [2.24, 2.45) is 0 Å². The van der Waals surface area contributed by atoms with Crippen LogP contribution in [0, 0.1) is 5.82 Å². The smallest absolute Gasteiger partial charge is 0.130 e. The monoisotopic (exact) mass is 203 g/mol. The van der Waals surface area contributed by atoms with Crippen LogP contribution in [0.15, 0.2) is 12.1 Å². The molecule has 4 heteroatoms. The molecule has 2 nitrogen and oxygen atoms in total. The Labute approximate surface area is 89.3 Å². The van der Waals surface area contributed by atoms with Gasteiger partial charge in [-0.2, -0.15) is 0 Å². The maximum Gasteiger partial charge on any atom is 0.130 e. The third kappa shape index (κ3) is 1.54. The van der Waals surface area contributed by atoms with Gasteiger partial charge in [0.1, 0.15) is 19.9 Å². The normalized spacial score (nSPS) is 17.2. The van der Waals surface area contributed by atoms with Crippen molar-refractivity contribution in [1.82, 2.24) is 0 Å². The van der Waals surface area contributed by atoms with E-state index in [-0.39, 0.29) is 0 Å². The van der Waals surface area contributed by atoms with Crippen LogP contribution in [0.4, 0.5) is 10.1 Å². The molecule has 0 bridgehead atoms. The zero-order valence-electron chi connectivity index (χ0n) is 8.51. The van der Waals surface area contributed by atoms with Crippen molar-refractivity contribution in [2.45, 2.75) is 18.3 Å². The largest absolute Gasteiger partial charge is 0.388 e. The van der Waals surface area contributed by atoms with Gasteiger partial charge in [-0.1, -0.05) is 5.46 Å². The van der Waals surface area contributed by atoms with E-state index in [1.165, 1.54) is 6.07 Å². The zero-order valence-corrected chi connectivity index (χ0v) is 8.51. The zero-order chi connectivity index (χ0) is 11.1. The highest BCUT2D eigenvalue weighted by Crippen LogP contribution is 2.49. The highest BCUT2D eigenvalue weighted by molar-refractivity contribution is 6.32. The summed E-state index contributed by atoms with van der Waals surface area (Å²) >= 11 is 0. The molecule has 1 N–H and O–H groups in total. The topological polar surface area (TPSA) is 29.1 Å². The van der Waals surface area contributed by atoms with Gasteiger partial charge in [-0.25, -0.2) is 4.39 Å². The first kappa shape index (κ1) is 10.2. The molecule has 0 saturated heterocycles. The first-order valence-corrected chi connectivity index (χ1v) is 4.86. The fourth-order valence-corrected chi connectivity index (χ4v) is 1.89. The van der Waals surface area contributed by atoms with Crippen LogP contribution in [-0.2, 0) is 10.2 Å². The van der Waals surface area contributed by atoms with Crippen molar-refractivity contribution in [3.63, 3.8) is 0 Å². The average molecular weight is 203 g/mol. The van der Waals surface area contributed by atoms with Crippen molar-refractivity contribution in [3.05, 3.63) is 23.5 Å². The molecule has 0 heterocycles. The predicted octanol–water partition coefficient (Wildman–Crippen LogP) is 0.892. The van der Waals surface area contributed by atoms with E-state index in [4.69, 9.17) is 7.85 Å². The molecule has 1 aliphatic carbocycles. The number of benzene rings is 1. The second-order valence-electron chi connectivity index (χ2n) is 3.95. The number of anilines is 1. The molecule has 2 rings (SSSR count). The molecule has 0 amide bonds. The molecule has 1 aromatic carbocycles. The summed E-state index contributed by atoms with van der Waals surface area (Å²) < 4.78 is 13.7. The summed E-state index contributed by atoms with van der Waals surface area (Å²) in [5, 5.41) is 2.88. The van der Waals surface area contributed by atoms with Crippen molar-refractivity contribution >= 4 is 25.3 Å². The third-order valence-corrected chi connectivity index (χ3v) is 2.89. The third-order valence-electron chi connectivity index (χ3n) is 2.89. The Kier molecular flexibility index (Phi) is 2.29. The molecule has 15 heavy (non-hydrogen) atoms. The molecule has 0 aromatic heterocycles. The van der Waals surface area contributed by atoms with Crippen LogP contribution in [0.25, 0.3) is 0 Å². The van der Waals surface area contributed by atoms with Gasteiger partial charge in [-0.3, -0.25) is 0 Å². The van der Waals surface area contributed by atoms with E-state index in [1.807, 2.05) is 0 Å². The number of nitrogens with one attached hydrogen (secondary N) is 1. The summed E-state index contributed by atoms with van der Waals surface area (Å²) in [5.74, 6) is -0.399. The number of halogens is 1. The molecule has 1 aromatic rings. The number of hydrogen-bond donors (Lipinski definition) is 1. The fraction of sp³-hybridized carbons (Fsp3) is 0.364. The first-order valence-electron chi connectivity index (χ1n) is 4.86. The van der Waals surface area contributed by atoms with E-state index < -0.39 is 11.2 Å². The van der Waals surface area contributed by atoms with E-state index in [0.717, 1.165) is 6.29 Å². The summed E-state index contributed by atoms with van der Waals surface area (Å²) in [7, 11) is 7.23. The van der Waals surface area contributed by atoms with Crippen LogP contribution >= 0.6 is 0 Å². The van der Waals surface area contributed by atoms with Gasteiger partial charge in [0.2, 0.25) is 0 Å². The fourth-order valence-electron chi connectivity index (χ4n) is 1.89. The van der Waals surface area contributed by atoms with E-state index >= 15 is 0 Å². The van der Waals surface area contributed by atoms with Crippen LogP contribution in [0.5, 0.6) is 0 Å². The van der Waals surface area contributed by atoms with Gasteiger partial charge in [0.05, 0.1) is 5.41 Å². The number of carbonyl (C=O) groups excluding carboxylic acids is 1. The maximum absolute atomic E-state index is 13.7. The van der Waals surface area contributed by atoms with Crippen molar-refractivity contribution in [2.75, 3.05) is 12.4 Å². The molecule has 2 radical (unpaired) electrons. The van der Waals surface area contributed by atoms with Gasteiger partial charge in [0, 0.05) is 18.3 Å². The molecule has 76 valence electrons. The Morgan fingerprint density at radius 1 is 1.53 bits per heavy atom. The Morgan fingerprint density at radius 3 is 2.67 bits per heavy atom. The molecule has 0 aliphatic heterocycles. The number of carbonyl (C=O) groups is 1. The summed E-state index contributed by atoms with van der Waals surface area (Å²) in [6.45, 7) is 0. The van der Waals surface area contributed by atoms with Crippen LogP contribution in [0.1, 0.15) is 18.4 Å². The van der Waals surface area contributed by atoms with Crippen LogP contribution < -0.4 is 10.8 Å². The Morgan fingerprint density at radius 2 is 2.20 bits per heavy atom. The first-order chi connectivity index (χ1) is 7.13. The summed E-state index contributed by atoms with van der Waals surface area (Å²) in [6.07, 6.45) is 2.26. The Bertz CT molecular complexity index is 415. The predicted molar refractivity (Wildman–Crippen MR) is 58.3 cm³/mol. The lowest BCUT2D eigenvalue weighted by atomic mass is 9.88. The van der Waals surface area contributed by atoms with Gasteiger partial charge in [-0.05, 0) is 25.0 Å². The van der Waals surface area contributed by atoms with Gasteiger partial charge >= 0.3 is 0 Å². The second-order valence-corrected chi connectivity index (χ2v) is 3.95. The summed E-state index contributed by atoms with van der Waals surface area (Å²) in [5.41, 5.74) is 0.810. The minimum absolute atomic E-state index is 0.363. The molecule has 1 saturated carbocycles. The number of aldehydes is 1.